The molecule has 0 spiro atoms. The lowest BCUT2D eigenvalue weighted by Gasteiger charge is -2.16. The first-order valence-electron chi connectivity index (χ1n) is 6.34. The van der Waals surface area contributed by atoms with E-state index in [4.69, 9.17) is 9.05 Å². The molecule has 0 saturated heterocycles. The van der Waals surface area contributed by atoms with Gasteiger partial charge in [0.2, 0.25) is 0 Å². The quantitative estimate of drug-likeness (QED) is 0.556. The van der Waals surface area contributed by atoms with E-state index >= 15 is 0 Å². The summed E-state index contributed by atoms with van der Waals surface area (Å²) in [5, 5.41) is 0.626. The zero-order valence-corrected chi connectivity index (χ0v) is 13.8. The lowest BCUT2D eigenvalue weighted by Crippen LogP contribution is -2.01. The van der Waals surface area contributed by atoms with Gasteiger partial charge in [0.25, 0.3) is 0 Å². The molecule has 0 N–H and O–H groups in total. The molecule has 7 heteroatoms. The molecule has 1 heterocycles. The maximum Gasteiger partial charge on any atom is 0.395 e. The van der Waals surface area contributed by atoms with E-state index in [1.54, 1.807) is 19.9 Å². The molecule has 1 aromatic heterocycles. The van der Waals surface area contributed by atoms with Gasteiger partial charge in [-0.3, -0.25) is 0 Å². The third-order valence-electron chi connectivity index (χ3n) is 2.14. The van der Waals surface area contributed by atoms with Gasteiger partial charge in [0.1, 0.15) is 10.9 Å². The van der Waals surface area contributed by atoms with Crippen molar-refractivity contribution in [2.45, 2.75) is 45.6 Å². The van der Waals surface area contributed by atoms with Crippen LogP contribution in [0.1, 0.15) is 45.1 Å². The lowest BCUT2D eigenvalue weighted by molar-refractivity contribution is 0.237. The topological polar surface area (TPSA) is 61.3 Å². The number of aryl methyl sites for hydroxylation is 1. The van der Waals surface area contributed by atoms with E-state index in [9.17, 15) is 4.57 Å². The summed E-state index contributed by atoms with van der Waals surface area (Å²) in [6.45, 7) is 7.01. The van der Waals surface area contributed by atoms with Crippen LogP contribution in [0.25, 0.3) is 0 Å². The number of hydrogen-bond donors (Lipinski definition) is 0. The molecule has 108 valence electrons. The fraction of sp³-hybridized carbons (Fsp3) is 0.667. The van der Waals surface area contributed by atoms with Gasteiger partial charge in [0.05, 0.1) is 13.2 Å². The first kappa shape index (κ1) is 16.6. The molecular formula is C12H21N2O3PS. The standard InChI is InChI=1S/C12H21N2O3PS/c1-6-16-18(15,17-7-2)19-11-8-10(5)13-12(14-11)9(3)4/h8-9H,6-7H2,1-5H3. The second kappa shape index (κ2) is 7.39. The molecule has 0 saturated carbocycles. The monoisotopic (exact) mass is 304 g/mol. The minimum Gasteiger partial charge on any atom is -0.301 e. The van der Waals surface area contributed by atoms with Crippen molar-refractivity contribution >= 4 is 18.2 Å². The molecule has 0 aliphatic carbocycles. The molecule has 0 atom stereocenters. The fourth-order valence-corrected chi connectivity index (χ4v) is 4.70. The Morgan fingerprint density at radius 1 is 1.26 bits per heavy atom. The second-order valence-electron chi connectivity index (χ2n) is 4.23. The zero-order chi connectivity index (χ0) is 14.5. The van der Waals surface area contributed by atoms with Crippen LogP contribution in [-0.4, -0.2) is 23.2 Å². The summed E-state index contributed by atoms with van der Waals surface area (Å²) in [7, 11) is 0. The Bertz CT molecular complexity index is 458. The normalized spacial score (nSPS) is 12.1. The van der Waals surface area contributed by atoms with Gasteiger partial charge in [-0.1, -0.05) is 13.8 Å². The highest BCUT2D eigenvalue weighted by atomic mass is 32.7. The van der Waals surface area contributed by atoms with Crippen molar-refractivity contribution in [2.24, 2.45) is 0 Å². The van der Waals surface area contributed by atoms with Crippen LogP contribution < -0.4 is 0 Å². The summed E-state index contributed by atoms with van der Waals surface area (Å²) in [5.41, 5.74) is 0.848. The molecule has 0 radical (unpaired) electrons. The molecule has 1 aromatic rings. The first-order valence-corrected chi connectivity index (χ1v) is 9.31. The van der Waals surface area contributed by atoms with E-state index in [0.717, 1.165) is 22.9 Å². The zero-order valence-electron chi connectivity index (χ0n) is 12.0. The average Bonchev–Trinajstić information content (AvgIpc) is 2.28. The largest absolute Gasteiger partial charge is 0.395 e. The Kier molecular flexibility index (Phi) is 6.47. The lowest BCUT2D eigenvalue weighted by atomic mass is 10.2. The molecule has 1 rings (SSSR count). The van der Waals surface area contributed by atoms with Crippen LogP contribution in [0, 0.1) is 6.92 Å². The molecular weight excluding hydrogens is 283 g/mol. The molecule has 0 unspecified atom stereocenters. The van der Waals surface area contributed by atoms with E-state index in [1.807, 2.05) is 20.8 Å². The molecule has 0 bridgehead atoms. The fourth-order valence-electron chi connectivity index (χ4n) is 1.39. The first-order chi connectivity index (χ1) is 8.90. The highest BCUT2D eigenvalue weighted by Crippen LogP contribution is 2.63. The smallest absolute Gasteiger partial charge is 0.301 e. The number of hydrogen-bond acceptors (Lipinski definition) is 6. The Labute approximate surface area is 118 Å². The van der Waals surface area contributed by atoms with Gasteiger partial charge in [0, 0.05) is 23.0 Å². The Morgan fingerprint density at radius 3 is 2.32 bits per heavy atom. The molecule has 0 aromatic carbocycles. The summed E-state index contributed by atoms with van der Waals surface area (Å²) in [4.78, 5) is 8.76. The molecule has 19 heavy (non-hydrogen) atoms. The van der Waals surface area contributed by atoms with Crippen LogP contribution in [0.5, 0.6) is 0 Å². The van der Waals surface area contributed by atoms with Crippen molar-refractivity contribution < 1.29 is 13.6 Å². The van der Waals surface area contributed by atoms with E-state index < -0.39 is 6.80 Å². The van der Waals surface area contributed by atoms with Crippen molar-refractivity contribution in [3.8, 4) is 0 Å². The summed E-state index contributed by atoms with van der Waals surface area (Å²) in [6.07, 6.45) is 0. The van der Waals surface area contributed by atoms with Crippen LogP contribution in [0.2, 0.25) is 0 Å². The van der Waals surface area contributed by atoms with Crippen molar-refractivity contribution in [1.29, 1.82) is 0 Å². The SMILES string of the molecule is CCOP(=O)(OCC)Sc1cc(C)nc(C(C)C)n1. The van der Waals surface area contributed by atoms with Crippen LogP contribution >= 0.6 is 18.2 Å². The minimum atomic E-state index is -3.18. The van der Waals surface area contributed by atoms with Crippen LogP contribution in [0.3, 0.4) is 0 Å². The predicted molar refractivity (Wildman–Crippen MR) is 77.6 cm³/mol. The highest BCUT2D eigenvalue weighted by Gasteiger charge is 2.27. The predicted octanol–water partition coefficient (Wildman–Crippen LogP) is 4.18. The van der Waals surface area contributed by atoms with Gasteiger partial charge in [-0.25, -0.2) is 14.5 Å². The van der Waals surface area contributed by atoms with Crippen LogP contribution in [0.15, 0.2) is 11.1 Å². The molecule has 0 aliphatic rings. The van der Waals surface area contributed by atoms with E-state index in [1.165, 1.54) is 0 Å². The van der Waals surface area contributed by atoms with E-state index in [2.05, 4.69) is 9.97 Å². The Hall–Kier alpha value is -0.420. The Balaban J connectivity index is 2.99. The average molecular weight is 304 g/mol. The molecule has 0 aliphatic heterocycles. The summed E-state index contributed by atoms with van der Waals surface area (Å²) >= 11 is 1.05. The maximum absolute atomic E-state index is 12.4. The van der Waals surface area contributed by atoms with Gasteiger partial charge in [-0.15, -0.1) is 0 Å². The summed E-state index contributed by atoms with van der Waals surface area (Å²) in [6, 6.07) is 1.79. The van der Waals surface area contributed by atoms with E-state index in [-0.39, 0.29) is 5.92 Å². The molecule has 5 nitrogen and oxygen atoms in total. The van der Waals surface area contributed by atoms with Gasteiger partial charge >= 0.3 is 6.80 Å². The molecule has 0 amide bonds. The highest BCUT2D eigenvalue weighted by molar-refractivity contribution is 8.55. The van der Waals surface area contributed by atoms with E-state index in [0.29, 0.717) is 18.2 Å². The van der Waals surface area contributed by atoms with Gasteiger partial charge in [-0.05, 0) is 26.8 Å². The van der Waals surface area contributed by atoms with Crippen molar-refractivity contribution in [1.82, 2.24) is 9.97 Å². The van der Waals surface area contributed by atoms with Gasteiger partial charge in [0.15, 0.2) is 0 Å². The van der Waals surface area contributed by atoms with Crippen LogP contribution in [-0.2, 0) is 13.6 Å². The third-order valence-corrected chi connectivity index (χ3v) is 5.78. The van der Waals surface area contributed by atoms with Gasteiger partial charge < -0.3 is 9.05 Å². The number of rotatable bonds is 7. The summed E-state index contributed by atoms with van der Waals surface area (Å²) in [5.74, 6) is 0.958. The van der Waals surface area contributed by atoms with Gasteiger partial charge in [-0.2, -0.15) is 0 Å². The summed E-state index contributed by atoms with van der Waals surface area (Å²) < 4.78 is 22.9. The third kappa shape index (κ3) is 5.22. The minimum absolute atomic E-state index is 0.220. The van der Waals surface area contributed by atoms with Crippen molar-refractivity contribution in [3.05, 3.63) is 17.6 Å². The number of nitrogens with zero attached hydrogens (tertiary/aromatic N) is 2. The van der Waals surface area contributed by atoms with Crippen molar-refractivity contribution in [2.75, 3.05) is 13.2 Å². The maximum atomic E-state index is 12.4. The second-order valence-corrected chi connectivity index (χ2v) is 8.14. The molecule has 0 fully saturated rings. The van der Waals surface area contributed by atoms with Crippen molar-refractivity contribution in [3.63, 3.8) is 0 Å². The number of aromatic nitrogens is 2. The Morgan fingerprint density at radius 2 is 1.84 bits per heavy atom. The van der Waals surface area contributed by atoms with Crippen LogP contribution in [0.4, 0.5) is 0 Å².